The molecular weight excluding hydrogens is 300 g/mol. The van der Waals surface area contributed by atoms with Crippen LogP contribution in [0, 0.1) is 5.92 Å². The first-order valence-electron chi connectivity index (χ1n) is 7.85. The highest BCUT2D eigenvalue weighted by atomic mass is 35.5. The fourth-order valence-electron chi connectivity index (χ4n) is 2.86. The van der Waals surface area contributed by atoms with Gasteiger partial charge in [0.15, 0.2) is 0 Å². The van der Waals surface area contributed by atoms with Crippen molar-refractivity contribution in [2.75, 3.05) is 40.3 Å². The minimum atomic E-state index is 0.272. The number of halogens is 1. The third-order valence-electron chi connectivity index (χ3n) is 4.04. The van der Waals surface area contributed by atoms with Crippen molar-refractivity contribution >= 4 is 17.5 Å². The van der Waals surface area contributed by atoms with Crippen LogP contribution in [0.5, 0.6) is 5.75 Å². The minimum Gasteiger partial charge on any atom is -0.493 e. The summed E-state index contributed by atoms with van der Waals surface area (Å²) in [6.07, 6.45) is 2.67. The molecule has 0 radical (unpaired) electrons. The van der Waals surface area contributed by atoms with E-state index in [0.717, 1.165) is 38.2 Å². The molecule has 1 aromatic rings. The Morgan fingerprint density at radius 3 is 3.00 bits per heavy atom. The number of nitrogens with zero attached hydrogens (tertiary/aromatic N) is 2. The number of ether oxygens (including phenoxy) is 1. The van der Waals surface area contributed by atoms with Gasteiger partial charge in [0.25, 0.3) is 0 Å². The fourth-order valence-corrected chi connectivity index (χ4v) is 3.04. The molecule has 0 spiro atoms. The molecule has 1 atom stereocenters. The number of rotatable bonds is 7. The van der Waals surface area contributed by atoms with E-state index in [9.17, 15) is 4.79 Å². The molecule has 22 heavy (non-hydrogen) atoms. The number of carbonyl (C=O) groups excluding carboxylic acids is 1. The van der Waals surface area contributed by atoms with E-state index >= 15 is 0 Å². The standard InChI is InChI=1S/C17H25ClN2O2/c1-19(12-14-7-8-17(21)20(2)13-14)9-4-10-22-16-6-3-5-15(18)11-16/h3,5-6,11,14H,4,7-10,12-13H2,1-2H3. The van der Waals surface area contributed by atoms with Crippen LogP contribution >= 0.6 is 11.6 Å². The van der Waals surface area contributed by atoms with Gasteiger partial charge in [0, 0.05) is 38.1 Å². The molecule has 1 aliphatic rings. The van der Waals surface area contributed by atoms with Crippen LogP contribution in [0.3, 0.4) is 0 Å². The molecule has 1 fully saturated rings. The van der Waals surface area contributed by atoms with Crippen LogP contribution in [-0.4, -0.2) is 56.0 Å². The Kier molecular flexibility index (Phi) is 6.52. The number of hydrogen-bond donors (Lipinski definition) is 0. The van der Waals surface area contributed by atoms with Crippen molar-refractivity contribution in [1.29, 1.82) is 0 Å². The van der Waals surface area contributed by atoms with Gasteiger partial charge in [0.1, 0.15) is 5.75 Å². The van der Waals surface area contributed by atoms with Gasteiger partial charge in [-0.1, -0.05) is 17.7 Å². The Hall–Kier alpha value is -1.26. The second kappa shape index (κ2) is 8.39. The molecule has 1 aliphatic heterocycles. The molecule has 1 heterocycles. The molecule has 2 rings (SSSR count). The lowest BCUT2D eigenvalue weighted by Gasteiger charge is -2.32. The van der Waals surface area contributed by atoms with E-state index in [1.807, 2.05) is 36.2 Å². The highest BCUT2D eigenvalue weighted by molar-refractivity contribution is 6.30. The zero-order valence-corrected chi connectivity index (χ0v) is 14.2. The van der Waals surface area contributed by atoms with Gasteiger partial charge < -0.3 is 14.5 Å². The Morgan fingerprint density at radius 1 is 1.45 bits per heavy atom. The number of piperidine rings is 1. The molecular formula is C17H25ClN2O2. The maximum Gasteiger partial charge on any atom is 0.222 e. The number of hydrogen-bond acceptors (Lipinski definition) is 3. The summed E-state index contributed by atoms with van der Waals surface area (Å²) in [5, 5.41) is 0.700. The maximum atomic E-state index is 11.5. The van der Waals surface area contributed by atoms with E-state index in [4.69, 9.17) is 16.3 Å². The van der Waals surface area contributed by atoms with Crippen molar-refractivity contribution in [3.8, 4) is 5.75 Å². The van der Waals surface area contributed by atoms with E-state index in [2.05, 4.69) is 11.9 Å². The van der Waals surface area contributed by atoms with Crippen molar-refractivity contribution < 1.29 is 9.53 Å². The predicted molar refractivity (Wildman–Crippen MR) is 89.4 cm³/mol. The van der Waals surface area contributed by atoms with Gasteiger partial charge in [-0.25, -0.2) is 0 Å². The Bertz CT molecular complexity index is 495. The summed E-state index contributed by atoms with van der Waals surface area (Å²) < 4.78 is 5.69. The van der Waals surface area contributed by atoms with Crippen molar-refractivity contribution in [1.82, 2.24) is 9.80 Å². The van der Waals surface area contributed by atoms with Gasteiger partial charge >= 0.3 is 0 Å². The normalized spacial score (nSPS) is 18.8. The van der Waals surface area contributed by atoms with Gasteiger partial charge in [-0.05, 0) is 44.0 Å². The summed E-state index contributed by atoms with van der Waals surface area (Å²) in [5.41, 5.74) is 0. The summed E-state index contributed by atoms with van der Waals surface area (Å²) in [7, 11) is 4.03. The molecule has 1 amide bonds. The zero-order valence-electron chi connectivity index (χ0n) is 13.4. The number of carbonyl (C=O) groups is 1. The van der Waals surface area contributed by atoms with Gasteiger partial charge in [0.2, 0.25) is 5.91 Å². The van der Waals surface area contributed by atoms with Crippen molar-refractivity contribution in [2.45, 2.75) is 19.3 Å². The number of likely N-dealkylation sites (tertiary alicyclic amines) is 1. The molecule has 122 valence electrons. The quantitative estimate of drug-likeness (QED) is 0.723. The average molecular weight is 325 g/mol. The third-order valence-corrected chi connectivity index (χ3v) is 4.28. The van der Waals surface area contributed by atoms with Crippen LogP contribution in [0.2, 0.25) is 5.02 Å². The van der Waals surface area contributed by atoms with Gasteiger partial charge in [-0.3, -0.25) is 4.79 Å². The van der Waals surface area contributed by atoms with Crippen LogP contribution in [0.1, 0.15) is 19.3 Å². The number of benzene rings is 1. The molecule has 0 aliphatic carbocycles. The predicted octanol–water partition coefficient (Wildman–Crippen LogP) is 2.91. The zero-order chi connectivity index (χ0) is 15.9. The van der Waals surface area contributed by atoms with Crippen LogP contribution in [0.25, 0.3) is 0 Å². The van der Waals surface area contributed by atoms with Crippen molar-refractivity contribution in [3.63, 3.8) is 0 Å². The van der Waals surface area contributed by atoms with E-state index in [0.29, 0.717) is 24.0 Å². The fraction of sp³-hybridized carbons (Fsp3) is 0.588. The Morgan fingerprint density at radius 2 is 2.27 bits per heavy atom. The van der Waals surface area contributed by atoms with Gasteiger partial charge in [-0.15, -0.1) is 0 Å². The second-order valence-corrected chi connectivity index (χ2v) is 6.54. The lowest BCUT2D eigenvalue weighted by molar-refractivity contribution is -0.133. The van der Waals surface area contributed by atoms with E-state index < -0.39 is 0 Å². The number of amides is 1. The summed E-state index contributed by atoms with van der Waals surface area (Å²) in [4.78, 5) is 15.7. The lowest BCUT2D eigenvalue weighted by Crippen LogP contribution is -2.41. The Labute approximate surface area is 138 Å². The average Bonchev–Trinajstić information content (AvgIpc) is 2.48. The third kappa shape index (κ3) is 5.50. The van der Waals surface area contributed by atoms with Crippen LogP contribution < -0.4 is 4.74 Å². The molecule has 5 heteroatoms. The highest BCUT2D eigenvalue weighted by Gasteiger charge is 2.23. The largest absolute Gasteiger partial charge is 0.493 e. The summed E-state index contributed by atoms with van der Waals surface area (Å²) in [5.74, 6) is 1.68. The first-order chi connectivity index (χ1) is 10.5. The minimum absolute atomic E-state index is 0.272. The Balaban J connectivity index is 1.61. The maximum absolute atomic E-state index is 11.5. The van der Waals surface area contributed by atoms with Crippen LogP contribution in [0.15, 0.2) is 24.3 Å². The SMILES string of the molecule is CN(CCCOc1cccc(Cl)c1)CC1CCC(=O)N(C)C1. The topological polar surface area (TPSA) is 32.8 Å². The summed E-state index contributed by atoms with van der Waals surface area (Å²) >= 11 is 5.92. The van der Waals surface area contributed by atoms with Crippen molar-refractivity contribution in [3.05, 3.63) is 29.3 Å². The highest BCUT2D eigenvalue weighted by Crippen LogP contribution is 2.18. The van der Waals surface area contributed by atoms with E-state index in [1.54, 1.807) is 0 Å². The van der Waals surface area contributed by atoms with E-state index in [-0.39, 0.29) is 5.91 Å². The monoisotopic (exact) mass is 324 g/mol. The first kappa shape index (κ1) is 17.1. The van der Waals surface area contributed by atoms with Gasteiger partial charge in [0.05, 0.1) is 6.61 Å². The molecule has 0 N–H and O–H groups in total. The molecule has 1 saturated heterocycles. The van der Waals surface area contributed by atoms with Crippen LogP contribution in [0.4, 0.5) is 0 Å². The van der Waals surface area contributed by atoms with Crippen LogP contribution in [-0.2, 0) is 4.79 Å². The van der Waals surface area contributed by atoms with E-state index in [1.165, 1.54) is 0 Å². The summed E-state index contributed by atoms with van der Waals surface area (Å²) in [6, 6.07) is 7.49. The molecule has 0 aromatic heterocycles. The molecule has 1 unspecified atom stereocenters. The molecule has 0 saturated carbocycles. The smallest absolute Gasteiger partial charge is 0.222 e. The molecule has 1 aromatic carbocycles. The molecule has 4 nitrogen and oxygen atoms in total. The lowest BCUT2D eigenvalue weighted by atomic mass is 9.97. The molecule has 0 bridgehead atoms. The summed E-state index contributed by atoms with van der Waals surface area (Å²) in [6.45, 7) is 3.60. The van der Waals surface area contributed by atoms with Gasteiger partial charge in [-0.2, -0.15) is 0 Å². The van der Waals surface area contributed by atoms with Crippen molar-refractivity contribution in [2.24, 2.45) is 5.92 Å². The second-order valence-electron chi connectivity index (χ2n) is 6.10. The first-order valence-corrected chi connectivity index (χ1v) is 8.23.